The Morgan fingerprint density at radius 2 is 2.04 bits per heavy atom. The maximum atomic E-state index is 12.7. The molecular weight excluding hydrogens is 360 g/mol. The van der Waals surface area contributed by atoms with Crippen molar-refractivity contribution >= 4 is 11.8 Å². The van der Waals surface area contributed by atoms with E-state index in [1.165, 1.54) is 11.0 Å². The van der Waals surface area contributed by atoms with E-state index in [0.29, 0.717) is 32.2 Å². The van der Waals surface area contributed by atoms with Crippen LogP contribution in [0.1, 0.15) is 19.4 Å². The SMILES string of the molecule is CC(C)CN1CC(OCc2ccccc2)CN(C(=O)Cn2cnnn2)CC1=O. The van der Waals surface area contributed by atoms with Crippen molar-refractivity contribution in [1.29, 1.82) is 0 Å². The molecule has 1 unspecified atom stereocenters. The minimum Gasteiger partial charge on any atom is -0.370 e. The molecule has 0 bridgehead atoms. The zero-order chi connectivity index (χ0) is 19.9. The summed E-state index contributed by atoms with van der Waals surface area (Å²) in [5, 5.41) is 10.8. The van der Waals surface area contributed by atoms with Gasteiger partial charge in [-0.3, -0.25) is 9.59 Å². The number of carbonyl (C=O) groups is 2. The molecular formula is C19H26N6O3. The van der Waals surface area contributed by atoms with Crippen LogP contribution in [0.3, 0.4) is 0 Å². The first kappa shape index (κ1) is 19.9. The minimum atomic E-state index is -0.261. The summed E-state index contributed by atoms with van der Waals surface area (Å²) in [4.78, 5) is 28.7. The zero-order valence-corrected chi connectivity index (χ0v) is 16.3. The van der Waals surface area contributed by atoms with E-state index >= 15 is 0 Å². The van der Waals surface area contributed by atoms with Crippen LogP contribution in [0.5, 0.6) is 0 Å². The van der Waals surface area contributed by atoms with Gasteiger partial charge in [-0.1, -0.05) is 44.2 Å². The van der Waals surface area contributed by atoms with Crippen molar-refractivity contribution < 1.29 is 14.3 Å². The van der Waals surface area contributed by atoms with Crippen molar-refractivity contribution in [3.05, 3.63) is 42.2 Å². The topological polar surface area (TPSA) is 93.4 Å². The summed E-state index contributed by atoms with van der Waals surface area (Å²) in [6, 6.07) is 9.87. The van der Waals surface area contributed by atoms with Crippen molar-refractivity contribution in [2.75, 3.05) is 26.2 Å². The van der Waals surface area contributed by atoms with Gasteiger partial charge in [0.15, 0.2) is 0 Å². The van der Waals surface area contributed by atoms with Gasteiger partial charge in [0.2, 0.25) is 11.8 Å². The Hall–Kier alpha value is -2.81. The molecule has 9 nitrogen and oxygen atoms in total. The fourth-order valence-corrected chi connectivity index (χ4v) is 3.17. The lowest BCUT2D eigenvalue weighted by atomic mass is 10.2. The van der Waals surface area contributed by atoms with Crippen LogP contribution < -0.4 is 0 Å². The molecule has 0 spiro atoms. The lowest BCUT2D eigenvalue weighted by molar-refractivity contribution is -0.139. The number of hydrogen-bond donors (Lipinski definition) is 0. The molecule has 2 amide bonds. The van der Waals surface area contributed by atoms with Gasteiger partial charge in [0, 0.05) is 19.6 Å². The summed E-state index contributed by atoms with van der Waals surface area (Å²) in [7, 11) is 0. The van der Waals surface area contributed by atoms with Gasteiger partial charge in [0.25, 0.3) is 0 Å². The second-order valence-corrected chi connectivity index (χ2v) is 7.39. The van der Waals surface area contributed by atoms with Crippen LogP contribution in [-0.4, -0.2) is 74.1 Å². The quantitative estimate of drug-likeness (QED) is 0.691. The van der Waals surface area contributed by atoms with Crippen molar-refractivity contribution in [3.63, 3.8) is 0 Å². The molecule has 1 fully saturated rings. The summed E-state index contributed by atoms with van der Waals surface area (Å²) >= 11 is 0. The number of hydrogen-bond acceptors (Lipinski definition) is 6. The van der Waals surface area contributed by atoms with E-state index in [1.807, 2.05) is 30.3 Å². The number of amides is 2. The summed E-state index contributed by atoms with van der Waals surface area (Å²) in [5.41, 5.74) is 1.06. The summed E-state index contributed by atoms with van der Waals surface area (Å²) in [6.45, 7) is 6.07. The molecule has 0 aliphatic carbocycles. The molecule has 1 saturated heterocycles. The Labute approximate surface area is 164 Å². The van der Waals surface area contributed by atoms with Gasteiger partial charge in [-0.2, -0.15) is 0 Å². The highest BCUT2D eigenvalue weighted by molar-refractivity contribution is 5.85. The second kappa shape index (κ2) is 9.41. The van der Waals surface area contributed by atoms with E-state index in [4.69, 9.17) is 4.74 Å². The van der Waals surface area contributed by atoms with Crippen molar-refractivity contribution in [1.82, 2.24) is 30.0 Å². The monoisotopic (exact) mass is 386 g/mol. The number of nitrogens with zero attached hydrogens (tertiary/aromatic N) is 6. The molecule has 0 saturated carbocycles. The highest BCUT2D eigenvalue weighted by atomic mass is 16.5. The van der Waals surface area contributed by atoms with Gasteiger partial charge in [0.05, 0.1) is 19.3 Å². The Bertz CT molecular complexity index is 765. The smallest absolute Gasteiger partial charge is 0.245 e. The minimum absolute atomic E-state index is 0.00410. The number of aromatic nitrogens is 4. The van der Waals surface area contributed by atoms with Gasteiger partial charge in [-0.05, 0) is 21.9 Å². The summed E-state index contributed by atoms with van der Waals surface area (Å²) in [5.74, 6) is 0.0622. The molecule has 3 rings (SSSR count). The maximum absolute atomic E-state index is 12.7. The van der Waals surface area contributed by atoms with Crippen LogP contribution in [0.2, 0.25) is 0 Å². The molecule has 28 heavy (non-hydrogen) atoms. The molecule has 0 radical (unpaired) electrons. The first-order valence-corrected chi connectivity index (χ1v) is 9.43. The Morgan fingerprint density at radius 3 is 2.71 bits per heavy atom. The molecule has 1 aromatic heterocycles. The molecule has 1 aliphatic rings. The third kappa shape index (κ3) is 5.59. The molecule has 1 atom stereocenters. The maximum Gasteiger partial charge on any atom is 0.245 e. The van der Waals surface area contributed by atoms with Crippen LogP contribution in [0.15, 0.2) is 36.7 Å². The standard InChI is InChI=1S/C19H26N6O3/c1-15(2)8-23-9-17(28-13-16-6-4-3-5-7-16)10-24(11-18(23)26)19(27)12-25-14-20-21-22-25/h3-7,14-15,17H,8-13H2,1-2H3. The average molecular weight is 386 g/mol. The highest BCUT2D eigenvalue weighted by Crippen LogP contribution is 2.13. The number of tetrazole rings is 1. The molecule has 2 aromatic rings. The molecule has 9 heteroatoms. The summed E-state index contributed by atoms with van der Waals surface area (Å²) < 4.78 is 7.44. The van der Waals surface area contributed by atoms with Crippen LogP contribution in [0.4, 0.5) is 0 Å². The fourth-order valence-electron chi connectivity index (χ4n) is 3.17. The number of carbonyl (C=O) groups excluding carboxylic acids is 2. The van der Waals surface area contributed by atoms with Crippen molar-refractivity contribution in [2.45, 2.75) is 33.1 Å². The van der Waals surface area contributed by atoms with Crippen LogP contribution in [0, 0.1) is 5.92 Å². The zero-order valence-electron chi connectivity index (χ0n) is 16.3. The predicted molar refractivity (Wildman–Crippen MR) is 101 cm³/mol. The summed E-state index contributed by atoms with van der Waals surface area (Å²) in [6.07, 6.45) is 1.12. The predicted octanol–water partition coefficient (Wildman–Crippen LogP) is 0.585. The van der Waals surface area contributed by atoms with E-state index in [1.54, 1.807) is 9.80 Å². The van der Waals surface area contributed by atoms with E-state index < -0.39 is 0 Å². The van der Waals surface area contributed by atoms with Crippen LogP contribution in [0.25, 0.3) is 0 Å². The van der Waals surface area contributed by atoms with E-state index in [9.17, 15) is 9.59 Å². The van der Waals surface area contributed by atoms with Crippen molar-refractivity contribution in [3.8, 4) is 0 Å². The van der Waals surface area contributed by atoms with Gasteiger partial charge < -0.3 is 14.5 Å². The van der Waals surface area contributed by atoms with Gasteiger partial charge in [-0.25, -0.2) is 4.68 Å². The Kier molecular flexibility index (Phi) is 6.70. The molecule has 150 valence electrons. The van der Waals surface area contributed by atoms with Gasteiger partial charge in [0.1, 0.15) is 12.9 Å². The van der Waals surface area contributed by atoms with Gasteiger partial charge >= 0.3 is 0 Å². The fraction of sp³-hybridized carbons (Fsp3) is 0.526. The van der Waals surface area contributed by atoms with Crippen LogP contribution in [-0.2, 0) is 27.5 Å². The third-order valence-electron chi connectivity index (χ3n) is 4.48. The lowest BCUT2D eigenvalue weighted by Crippen LogP contribution is -2.41. The number of rotatable bonds is 7. The first-order chi connectivity index (χ1) is 13.5. The largest absolute Gasteiger partial charge is 0.370 e. The normalized spacial score (nSPS) is 17.8. The Morgan fingerprint density at radius 1 is 1.25 bits per heavy atom. The van der Waals surface area contributed by atoms with Crippen molar-refractivity contribution in [2.24, 2.45) is 5.92 Å². The van der Waals surface area contributed by atoms with E-state index in [2.05, 4.69) is 29.4 Å². The molecule has 1 aliphatic heterocycles. The first-order valence-electron chi connectivity index (χ1n) is 9.43. The number of ether oxygens (including phenoxy) is 1. The molecule has 0 N–H and O–H groups in total. The highest BCUT2D eigenvalue weighted by Gasteiger charge is 2.31. The Balaban J connectivity index is 1.70. The average Bonchev–Trinajstić information content (AvgIpc) is 3.12. The third-order valence-corrected chi connectivity index (χ3v) is 4.48. The van der Waals surface area contributed by atoms with E-state index in [0.717, 1.165) is 5.56 Å². The van der Waals surface area contributed by atoms with Crippen LogP contribution >= 0.6 is 0 Å². The lowest BCUT2D eigenvalue weighted by Gasteiger charge is -2.26. The molecule has 2 heterocycles. The number of benzene rings is 1. The molecule has 1 aromatic carbocycles. The second-order valence-electron chi connectivity index (χ2n) is 7.39. The van der Waals surface area contributed by atoms with Gasteiger partial charge in [-0.15, -0.1) is 5.10 Å². The van der Waals surface area contributed by atoms with E-state index in [-0.39, 0.29) is 31.0 Å².